The molecule has 0 radical (unpaired) electrons. The molecule has 0 heterocycles. The molecule has 0 aromatic heterocycles. The second-order valence-corrected chi connectivity index (χ2v) is 15.5. The van der Waals surface area contributed by atoms with E-state index in [2.05, 4.69) is 175 Å². The van der Waals surface area contributed by atoms with Crippen LogP contribution in [-0.4, -0.2) is 0 Å². The molecule has 9 rings (SSSR count). The smallest absolute Gasteiger partial charge is 0.0159 e. The summed E-state index contributed by atoms with van der Waals surface area (Å²) in [6, 6.07) is 50.6. The molecule has 8 aromatic rings. The number of benzene rings is 8. The zero-order chi connectivity index (χ0) is 32.9. The van der Waals surface area contributed by atoms with Crippen molar-refractivity contribution in [2.45, 2.75) is 52.4 Å². The first kappa shape index (κ1) is 29.0. The highest BCUT2D eigenvalue weighted by Crippen LogP contribution is 2.49. The zero-order valence-electron chi connectivity index (χ0n) is 28.7. The summed E-state index contributed by atoms with van der Waals surface area (Å²) >= 11 is 0. The maximum atomic E-state index is 2.41. The highest BCUT2D eigenvalue weighted by molar-refractivity contribution is 6.26. The first-order valence-corrected chi connectivity index (χ1v) is 17.3. The topological polar surface area (TPSA) is 0 Å². The third kappa shape index (κ3) is 4.29. The monoisotopic (exact) mass is 616 g/mol. The molecule has 48 heavy (non-hydrogen) atoms. The van der Waals surface area contributed by atoms with Crippen LogP contribution in [0.3, 0.4) is 0 Å². The van der Waals surface area contributed by atoms with Crippen LogP contribution < -0.4 is 0 Å². The van der Waals surface area contributed by atoms with Crippen LogP contribution in [0.15, 0.2) is 133 Å². The maximum absolute atomic E-state index is 2.41. The summed E-state index contributed by atoms with van der Waals surface area (Å²) in [6.45, 7) is 13.9. The fourth-order valence-corrected chi connectivity index (χ4v) is 8.37. The molecule has 1 aliphatic carbocycles. The van der Waals surface area contributed by atoms with Crippen molar-refractivity contribution in [2.24, 2.45) is 0 Å². The summed E-state index contributed by atoms with van der Waals surface area (Å²) in [5, 5.41) is 8.10. The summed E-state index contributed by atoms with van der Waals surface area (Å²) in [7, 11) is 0. The van der Waals surface area contributed by atoms with Crippen LogP contribution in [0.25, 0.3) is 76.8 Å². The van der Waals surface area contributed by atoms with Crippen molar-refractivity contribution in [2.75, 3.05) is 0 Å². The minimum Gasteiger partial charge on any atom is -0.0619 e. The first-order chi connectivity index (χ1) is 23.1. The quantitative estimate of drug-likeness (QED) is 0.173. The van der Waals surface area contributed by atoms with Crippen LogP contribution in [0.5, 0.6) is 0 Å². The Labute approximate surface area is 284 Å². The van der Waals surface area contributed by atoms with Crippen LogP contribution in [0.4, 0.5) is 0 Å². The largest absolute Gasteiger partial charge is 0.0619 e. The maximum Gasteiger partial charge on any atom is 0.0159 e. The lowest BCUT2D eigenvalue weighted by Gasteiger charge is -2.22. The predicted octanol–water partition coefficient (Wildman–Crippen LogP) is 13.5. The highest BCUT2D eigenvalue weighted by atomic mass is 14.4. The van der Waals surface area contributed by atoms with Crippen LogP contribution in [0.2, 0.25) is 0 Å². The lowest BCUT2D eigenvalue weighted by molar-refractivity contribution is 0.591. The van der Waals surface area contributed by atoms with Gasteiger partial charge in [0, 0.05) is 5.41 Å². The van der Waals surface area contributed by atoms with Crippen LogP contribution in [-0.2, 0) is 10.8 Å². The summed E-state index contributed by atoms with van der Waals surface area (Å²) in [4.78, 5) is 0. The van der Waals surface area contributed by atoms with Gasteiger partial charge < -0.3 is 0 Å². The Morgan fingerprint density at radius 2 is 1.04 bits per heavy atom. The summed E-state index contributed by atoms with van der Waals surface area (Å²) < 4.78 is 0. The van der Waals surface area contributed by atoms with E-state index in [0.29, 0.717) is 0 Å². The molecule has 8 aromatic carbocycles. The Kier molecular flexibility index (Phi) is 6.13. The molecule has 0 fully saturated rings. The lowest BCUT2D eigenvalue weighted by atomic mass is 9.81. The molecule has 0 aliphatic heterocycles. The van der Waals surface area contributed by atoms with E-state index in [1.807, 2.05) is 0 Å². The van der Waals surface area contributed by atoms with Crippen molar-refractivity contribution in [1.29, 1.82) is 0 Å². The molecule has 0 N–H and O–H groups in total. The van der Waals surface area contributed by atoms with Gasteiger partial charge in [0.05, 0.1) is 0 Å². The van der Waals surface area contributed by atoms with Gasteiger partial charge in [-0.05, 0) is 124 Å². The fourth-order valence-electron chi connectivity index (χ4n) is 8.37. The van der Waals surface area contributed by atoms with E-state index in [-0.39, 0.29) is 10.8 Å². The second kappa shape index (κ2) is 10.1. The number of fused-ring (bicyclic) bond motifs is 3. The van der Waals surface area contributed by atoms with Gasteiger partial charge in [0.2, 0.25) is 0 Å². The molecule has 0 heteroatoms. The van der Waals surface area contributed by atoms with Crippen LogP contribution >= 0.6 is 0 Å². The molecule has 0 unspecified atom stereocenters. The first-order valence-electron chi connectivity index (χ1n) is 17.3. The molecule has 0 nitrogen and oxygen atoms in total. The predicted molar refractivity (Wildman–Crippen MR) is 207 cm³/mol. The van der Waals surface area contributed by atoms with E-state index in [1.54, 1.807) is 0 Å². The molecular formula is C48H40. The Morgan fingerprint density at radius 3 is 1.75 bits per heavy atom. The van der Waals surface area contributed by atoms with Gasteiger partial charge >= 0.3 is 0 Å². The van der Waals surface area contributed by atoms with Crippen molar-refractivity contribution in [3.8, 4) is 44.5 Å². The van der Waals surface area contributed by atoms with Gasteiger partial charge in [0.15, 0.2) is 0 Å². The molecule has 1 aliphatic rings. The van der Waals surface area contributed by atoms with Crippen LogP contribution in [0.1, 0.15) is 56.9 Å². The Bertz CT molecular complexity index is 2530. The summed E-state index contributed by atoms with van der Waals surface area (Å²) in [5.41, 5.74) is 15.9. The molecule has 0 saturated heterocycles. The third-order valence-electron chi connectivity index (χ3n) is 11.1. The number of hydrogen-bond donors (Lipinski definition) is 0. The average Bonchev–Trinajstić information content (AvgIpc) is 3.33. The van der Waals surface area contributed by atoms with Gasteiger partial charge in [0.1, 0.15) is 0 Å². The summed E-state index contributed by atoms with van der Waals surface area (Å²) in [5.74, 6) is 0. The van der Waals surface area contributed by atoms with Crippen molar-refractivity contribution >= 4 is 32.3 Å². The average molecular weight is 617 g/mol. The minimum atomic E-state index is 0.00116. The fraction of sp³-hybridized carbons (Fsp3) is 0.167. The van der Waals surface area contributed by atoms with Crippen molar-refractivity contribution in [1.82, 2.24) is 0 Å². The van der Waals surface area contributed by atoms with Gasteiger partial charge in [-0.3, -0.25) is 0 Å². The van der Waals surface area contributed by atoms with E-state index in [1.165, 1.54) is 99.1 Å². The molecule has 0 spiro atoms. The second-order valence-electron chi connectivity index (χ2n) is 15.5. The molecule has 0 saturated carbocycles. The number of rotatable bonds is 3. The molecule has 0 amide bonds. The Balaban J connectivity index is 1.10. The molecule has 232 valence electrons. The van der Waals surface area contributed by atoms with Gasteiger partial charge in [0.25, 0.3) is 0 Å². The summed E-state index contributed by atoms with van der Waals surface area (Å²) in [6.07, 6.45) is 0. The van der Waals surface area contributed by atoms with Gasteiger partial charge in [-0.1, -0.05) is 156 Å². The third-order valence-corrected chi connectivity index (χ3v) is 11.1. The zero-order valence-corrected chi connectivity index (χ0v) is 28.7. The minimum absolute atomic E-state index is 0.00116. The Morgan fingerprint density at radius 1 is 0.438 bits per heavy atom. The van der Waals surface area contributed by atoms with Gasteiger partial charge in [-0.2, -0.15) is 0 Å². The normalized spacial score (nSPS) is 13.8. The molecule has 0 atom stereocenters. The SMILES string of the molecule is Cc1cc(-c2cccc(-c3ccc(-c4ccc5c(c4)C(C)(C)c4ccccc4-5)cc3)c2)c2ccc3cc(C(C)(C)C)cc4ccc1c2c43. The standard InChI is InChI=1S/C48H40/c1-29-24-42(41-23-20-36-27-37(47(2,3)4)26-35-19-21-38(29)46(41)45(35)36)34-11-9-10-32(25-34)30-14-16-31(17-15-30)33-18-22-40-39-12-7-8-13-43(39)48(5,6)44(40)28-33/h7-28H,1-6H3. The number of hydrogen-bond acceptors (Lipinski definition) is 0. The van der Waals surface area contributed by atoms with E-state index in [9.17, 15) is 0 Å². The lowest BCUT2D eigenvalue weighted by Crippen LogP contribution is -2.14. The highest BCUT2D eigenvalue weighted by Gasteiger charge is 2.35. The van der Waals surface area contributed by atoms with Gasteiger partial charge in [-0.25, -0.2) is 0 Å². The number of aryl methyl sites for hydroxylation is 1. The molecular weight excluding hydrogens is 577 g/mol. The van der Waals surface area contributed by atoms with Crippen molar-refractivity contribution in [3.05, 3.63) is 156 Å². The van der Waals surface area contributed by atoms with Crippen LogP contribution in [0, 0.1) is 6.92 Å². The van der Waals surface area contributed by atoms with E-state index in [4.69, 9.17) is 0 Å². The van der Waals surface area contributed by atoms with Gasteiger partial charge in [-0.15, -0.1) is 0 Å². The van der Waals surface area contributed by atoms with E-state index >= 15 is 0 Å². The van der Waals surface area contributed by atoms with Crippen molar-refractivity contribution in [3.63, 3.8) is 0 Å². The van der Waals surface area contributed by atoms with E-state index < -0.39 is 0 Å². The van der Waals surface area contributed by atoms with E-state index in [0.717, 1.165) is 0 Å². The van der Waals surface area contributed by atoms with Crippen molar-refractivity contribution < 1.29 is 0 Å². The molecule has 0 bridgehead atoms. The Hall–Kier alpha value is -5.20.